The number of ether oxygens (including phenoxy) is 2. The lowest BCUT2D eigenvalue weighted by Crippen LogP contribution is -1.91. The Labute approximate surface area is 104 Å². The summed E-state index contributed by atoms with van der Waals surface area (Å²) in [6, 6.07) is 7.70. The Bertz CT molecular complexity index is 334. The molecule has 1 aromatic carbocycles. The summed E-state index contributed by atoms with van der Waals surface area (Å²) in [5.41, 5.74) is 1.24. The Morgan fingerprint density at radius 2 is 1.80 bits per heavy atom. The van der Waals surface area contributed by atoms with Crippen LogP contribution in [0.3, 0.4) is 0 Å². The van der Waals surface area contributed by atoms with Gasteiger partial charge in [-0.25, -0.2) is 0 Å². The van der Waals surface area contributed by atoms with Crippen LogP contribution in [0.4, 0.5) is 0 Å². The topological polar surface area (TPSA) is 42.2 Å². The van der Waals surface area contributed by atoms with Gasteiger partial charge in [-0.15, -0.1) is 0 Å². The number of nitrogens with zero attached hydrogens (tertiary/aromatic N) is 1. The van der Waals surface area contributed by atoms with Gasteiger partial charge < -0.3 is 9.47 Å². The average Bonchev–Trinajstić information content (AvgIpc) is 2.29. The third-order valence-electron chi connectivity index (χ3n) is 1.60. The largest absolute Gasteiger partial charge is 0.493 e. The molecule has 0 unspecified atom stereocenters. The monoisotopic (exact) mass is 319 g/mol. The van der Waals surface area contributed by atoms with Crippen LogP contribution in [0.5, 0.6) is 11.5 Å². The number of rotatable bonds is 3. The number of benzene rings is 1. The maximum Gasteiger partial charge on any atom is 0.161 e. The molecule has 0 spiro atoms. The first-order valence-corrected chi connectivity index (χ1v) is 5.83. The molecule has 0 bridgehead atoms. The van der Waals surface area contributed by atoms with E-state index in [1.807, 2.05) is 18.2 Å². The highest BCUT2D eigenvalue weighted by Gasteiger charge is 2.02. The number of hydrogen-bond donors (Lipinski definition) is 0. The molecule has 4 heteroatoms. The maximum absolute atomic E-state index is 7.32. The van der Waals surface area contributed by atoms with Crippen LogP contribution >= 0.6 is 22.6 Å². The Hall–Kier alpha value is -0.960. The summed E-state index contributed by atoms with van der Waals surface area (Å²) in [4.78, 5) is 0. The summed E-state index contributed by atoms with van der Waals surface area (Å²) in [7, 11) is 3.29. The van der Waals surface area contributed by atoms with Gasteiger partial charge in [-0.2, -0.15) is 5.26 Å². The van der Waals surface area contributed by atoms with Crippen molar-refractivity contribution in [3.8, 4) is 17.6 Å². The van der Waals surface area contributed by atoms with Crippen molar-refractivity contribution in [2.45, 2.75) is 11.4 Å². The zero-order valence-corrected chi connectivity index (χ0v) is 11.2. The van der Waals surface area contributed by atoms with E-state index in [1.165, 1.54) is 12.5 Å². The summed E-state index contributed by atoms with van der Waals surface area (Å²) >= 11 is 2.31. The lowest BCUT2D eigenvalue weighted by molar-refractivity contribution is 0.354. The van der Waals surface area contributed by atoms with Crippen molar-refractivity contribution in [2.24, 2.45) is 0 Å². The molecular weight excluding hydrogens is 305 g/mol. The molecule has 1 aromatic rings. The van der Waals surface area contributed by atoms with E-state index in [-0.39, 0.29) is 0 Å². The fourth-order valence-corrected chi connectivity index (χ4v) is 1.44. The number of hydrogen-bond acceptors (Lipinski definition) is 3. The van der Waals surface area contributed by atoms with Crippen LogP contribution < -0.4 is 9.47 Å². The van der Waals surface area contributed by atoms with Gasteiger partial charge in [0.1, 0.15) is 0 Å². The molecule has 0 N–H and O–H groups in total. The molecule has 0 fully saturated rings. The van der Waals surface area contributed by atoms with E-state index < -0.39 is 0 Å². The molecule has 0 saturated heterocycles. The van der Waals surface area contributed by atoms with Crippen molar-refractivity contribution in [3.63, 3.8) is 0 Å². The highest BCUT2D eigenvalue weighted by Crippen LogP contribution is 2.28. The van der Waals surface area contributed by atoms with Gasteiger partial charge in [0.25, 0.3) is 0 Å². The Morgan fingerprint density at radius 3 is 2.20 bits per heavy atom. The first-order chi connectivity index (χ1) is 7.23. The van der Waals surface area contributed by atoms with Gasteiger partial charge in [0.2, 0.25) is 0 Å². The van der Waals surface area contributed by atoms with Crippen molar-refractivity contribution in [1.82, 2.24) is 0 Å². The van der Waals surface area contributed by atoms with Crippen LogP contribution in [-0.2, 0) is 4.43 Å². The quantitative estimate of drug-likeness (QED) is 0.635. The summed E-state index contributed by atoms with van der Waals surface area (Å²) in [5, 5.41) is 7.32. The Kier molecular flexibility index (Phi) is 7.82. The fraction of sp³-hybridized carbons (Fsp3) is 0.364. The van der Waals surface area contributed by atoms with Crippen LogP contribution in [-0.4, -0.2) is 14.2 Å². The number of nitriles is 1. The molecule has 0 aliphatic heterocycles. The minimum absolute atomic E-state index is 0.783. The molecule has 0 aromatic heterocycles. The third-order valence-corrected chi connectivity index (χ3v) is 2.48. The van der Waals surface area contributed by atoms with Crippen molar-refractivity contribution in [2.75, 3.05) is 14.2 Å². The fourth-order valence-electron chi connectivity index (χ4n) is 0.964. The van der Waals surface area contributed by atoms with Crippen LogP contribution in [0.1, 0.15) is 12.5 Å². The van der Waals surface area contributed by atoms with Crippen molar-refractivity contribution in [1.29, 1.82) is 5.26 Å². The molecule has 0 amide bonds. The van der Waals surface area contributed by atoms with E-state index in [0.717, 1.165) is 15.9 Å². The molecule has 0 radical (unpaired) electrons. The van der Waals surface area contributed by atoms with E-state index >= 15 is 0 Å². The number of alkyl halides is 1. The van der Waals surface area contributed by atoms with Gasteiger partial charge in [-0.1, -0.05) is 28.7 Å². The van der Waals surface area contributed by atoms with Crippen LogP contribution in [0.2, 0.25) is 0 Å². The zero-order chi connectivity index (χ0) is 11.7. The highest BCUT2D eigenvalue weighted by molar-refractivity contribution is 14.1. The van der Waals surface area contributed by atoms with E-state index in [1.54, 1.807) is 20.3 Å². The molecule has 82 valence electrons. The van der Waals surface area contributed by atoms with E-state index in [4.69, 9.17) is 14.7 Å². The average molecular weight is 319 g/mol. The number of halogens is 1. The molecular formula is C11H14INO2. The second kappa shape index (κ2) is 8.36. The predicted molar refractivity (Wildman–Crippen MR) is 68.6 cm³/mol. The standard InChI is InChI=1S/C9H11IO2.C2H3N/c1-11-8-4-3-7(6-10)5-9(8)12-2;1-2-3/h3-5H,6H2,1-2H3;1H3. The molecule has 1 rings (SSSR count). The molecule has 3 nitrogen and oxygen atoms in total. The van der Waals surface area contributed by atoms with Crippen molar-refractivity contribution in [3.05, 3.63) is 23.8 Å². The second-order valence-corrected chi connectivity index (χ2v) is 3.31. The Balaban J connectivity index is 0.000000583. The van der Waals surface area contributed by atoms with E-state index in [9.17, 15) is 0 Å². The van der Waals surface area contributed by atoms with Gasteiger partial charge in [0, 0.05) is 11.4 Å². The first kappa shape index (κ1) is 14.0. The normalized spacial score (nSPS) is 8.20. The summed E-state index contributed by atoms with van der Waals surface area (Å²) < 4.78 is 11.2. The smallest absolute Gasteiger partial charge is 0.161 e. The first-order valence-electron chi connectivity index (χ1n) is 4.31. The van der Waals surface area contributed by atoms with Gasteiger partial charge in [0.15, 0.2) is 11.5 Å². The molecule has 0 saturated carbocycles. The van der Waals surface area contributed by atoms with Gasteiger partial charge in [-0.05, 0) is 17.7 Å². The lowest BCUT2D eigenvalue weighted by Gasteiger charge is -2.07. The Morgan fingerprint density at radius 1 is 1.27 bits per heavy atom. The van der Waals surface area contributed by atoms with E-state index in [0.29, 0.717) is 0 Å². The predicted octanol–water partition coefficient (Wildman–Crippen LogP) is 3.17. The van der Waals surface area contributed by atoms with E-state index in [2.05, 4.69) is 22.6 Å². The molecule has 15 heavy (non-hydrogen) atoms. The van der Waals surface area contributed by atoms with Gasteiger partial charge >= 0.3 is 0 Å². The second-order valence-electron chi connectivity index (χ2n) is 2.55. The molecule has 0 atom stereocenters. The molecule has 0 aliphatic carbocycles. The van der Waals surface area contributed by atoms with Gasteiger partial charge in [0.05, 0.1) is 20.3 Å². The maximum atomic E-state index is 7.32. The van der Waals surface area contributed by atoms with Crippen LogP contribution in [0.15, 0.2) is 18.2 Å². The van der Waals surface area contributed by atoms with Gasteiger partial charge in [-0.3, -0.25) is 0 Å². The highest BCUT2D eigenvalue weighted by atomic mass is 127. The van der Waals surface area contributed by atoms with Crippen LogP contribution in [0, 0.1) is 11.3 Å². The number of methoxy groups -OCH3 is 2. The molecule has 0 aliphatic rings. The van der Waals surface area contributed by atoms with Crippen LogP contribution in [0.25, 0.3) is 0 Å². The zero-order valence-electron chi connectivity index (χ0n) is 9.08. The summed E-state index contributed by atoms with van der Waals surface area (Å²) in [5.74, 6) is 1.58. The summed E-state index contributed by atoms with van der Waals surface area (Å²) in [6.07, 6.45) is 0. The third kappa shape index (κ3) is 4.88. The minimum Gasteiger partial charge on any atom is -0.493 e. The minimum atomic E-state index is 0.783. The SMILES string of the molecule is CC#N.COc1ccc(CI)cc1OC. The van der Waals surface area contributed by atoms with Crippen molar-refractivity contribution >= 4 is 22.6 Å². The summed E-state index contributed by atoms with van der Waals surface area (Å²) in [6.45, 7) is 1.43. The molecule has 0 heterocycles. The lowest BCUT2D eigenvalue weighted by atomic mass is 10.2. The van der Waals surface area contributed by atoms with Crippen molar-refractivity contribution < 1.29 is 9.47 Å².